The molecule has 0 bridgehead atoms. The van der Waals surface area contributed by atoms with Crippen molar-refractivity contribution in [2.24, 2.45) is 0 Å². The summed E-state index contributed by atoms with van der Waals surface area (Å²) in [5.41, 5.74) is 4.21. The molecule has 0 spiro atoms. The Morgan fingerprint density at radius 3 is 2.64 bits per heavy atom. The second-order valence-electron chi connectivity index (χ2n) is 9.62. The summed E-state index contributed by atoms with van der Waals surface area (Å²) in [6, 6.07) is 17.9. The van der Waals surface area contributed by atoms with E-state index in [-0.39, 0.29) is 24.7 Å². The normalized spacial score (nSPS) is 18.7. The number of pyridine rings is 1. The number of carbonyl (C=O) groups excluding carboxylic acids is 1. The van der Waals surface area contributed by atoms with Crippen molar-refractivity contribution in [2.75, 3.05) is 30.3 Å². The summed E-state index contributed by atoms with van der Waals surface area (Å²) in [4.78, 5) is 19.0. The van der Waals surface area contributed by atoms with E-state index in [0.29, 0.717) is 31.6 Å². The van der Waals surface area contributed by atoms with Crippen molar-refractivity contribution < 1.29 is 18.0 Å². The second kappa shape index (κ2) is 10.3. The molecule has 5 rings (SSSR count). The van der Waals surface area contributed by atoms with Crippen LogP contribution >= 0.6 is 0 Å². The highest BCUT2D eigenvalue weighted by Crippen LogP contribution is 2.33. The van der Waals surface area contributed by atoms with Gasteiger partial charge in [-0.25, -0.2) is 9.78 Å². The first-order chi connectivity index (χ1) is 17.3. The average Bonchev–Trinajstić information content (AvgIpc) is 3.26. The Morgan fingerprint density at radius 1 is 1.03 bits per heavy atom. The number of nitrogens with one attached hydrogen (secondary N) is 3. The number of fused-ring (bicyclic) bond motifs is 2. The van der Waals surface area contributed by atoms with E-state index in [0.717, 1.165) is 29.6 Å². The van der Waals surface area contributed by atoms with E-state index in [9.17, 15) is 18.0 Å². The minimum Gasteiger partial charge on any atom is -0.363 e. The van der Waals surface area contributed by atoms with Crippen LogP contribution in [0.5, 0.6) is 0 Å². The largest absolute Gasteiger partial charge is 0.390 e. The Bertz CT molecular complexity index is 1220. The predicted octanol–water partition coefficient (Wildman–Crippen LogP) is 5.87. The van der Waals surface area contributed by atoms with Crippen LogP contribution in [-0.4, -0.2) is 47.8 Å². The first kappa shape index (κ1) is 24.4. The van der Waals surface area contributed by atoms with Gasteiger partial charge in [-0.15, -0.1) is 0 Å². The third-order valence-electron chi connectivity index (χ3n) is 7.04. The number of urea groups is 1. The number of aryl methyl sites for hydroxylation is 1. The smallest absolute Gasteiger partial charge is 0.363 e. The maximum atomic E-state index is 12.5. The van der Waals surface area contributed by atoms with Gasteiger partial charge >= 0.3 is 12.2 Å². The Hall–Kier alpha value is -3.33. The Balaban J connectivity index is 1.13. The summed E-state index contributed by atoms with van der Waals surface area (Å²) >= 11 is 0. The molecule has 1 saturated heterocycles. The Kier molecular flexibility index (Phi) is 7.00. The molecule has 1 aromatic heterocycles. The summed E-state index contributed by atoms with van der Waals surface area (Å²) < 4.78 is 37.2. The number of hydrogen-bond acceptors (Lipinski definition) is 4. The number of likely N-dealkylation sites (tertiary alicyclic amines) is 1. The molecule has 9 heteroatoms. The van der Waals surface area contributed by atoms with E-state index in [1.54, 1.807) is 4.90 Å². The van der Waals surface area contributed by atoms with Gasteiger partial charge in [0.1, 0.15) is 5.82 Å². The van der Waals surface area contributed by atoms with E-state index in [1.165, 1.54) is 11.1 Å². The summed E-state index contributed by atoms with van der Waals surface area (Å²) in [6.45, 7) is 1.11. The van der Waals surface area contributed by atoms with Crippen molar-refractivity contribution >= 4 is 28.4 Å². The molecule has 1 aliphatic carbocycles. The minimum atomic E-state index is -4.13. The lowest BCUT2D eigenvalue weighted by Gasteiger charge is -2.32. The molecule has 1 aliphatic heterocycles. The fourth-order valence-electron chi connectivity index (χ4n) is 5.11. The summed E-state index contributed by atoms with van der Waals surface area (Å²) in [6.07, 6.45) is -1.55. The lowest BCUT2D eigenvalue weighted by Crippen LogP contribution is -2.46. The number of aromatic nitrogens is 1. The number of nitrogens with zero attached hydrogens (tertiary/aromatic N) is 2. The van der Waals surface area contributed by atoms with Crippen molar-refractivity contribution in [1.82, 2.24) is 15.2 Å². The molecule has 190 valence electrons. The number of anilines is 2. The molecular formula is C27H30F3N5O. The zero-order valence-corrected chi connectivity index (χ0v) is 19.9. The van der Waals surface area contributed by atoms with E-state index in [4.69, 9.17) is 4.98 Å². The van der Waals surface area contributed by atoms with E-state index in [1.807, 2.05) is 30.3 Å². The van der Waals surface area contributed by atoms with Crippen LogP contribution in [0.3, 0.4) is 0 Å². The van der Waals surface area contributed by atoms with Gasteiger partial charge in [-0.1, -0.05) is 24.3 Å². The molecule has 36 heavy (non-hydrogen) atoms. The summed E-state index contributed by atoms with van der Waals surface area (Å²) in [7, 11) is 0. The molecule has 0 unspecified atom stereocenters. The van der Waals surface area contributed by atoms with E-state index < -0.39 is 12.6 Å². The zero-order chi connectivity index (χ0) is 25.1. The molecule has 1 fully saturated rings. The van der Waals surface area contributed by atoms with Crippen molar-refractivity contribution in [1.29, 1.82) is 0 Å². The van der Waals surface area contributed by atoms with Gasteiger partial charge in [0.2, 0.25) is 0 Å². The monoisotopic (exact) mass is 497 g/mol. The van der Waals surface area contributed by atoms with Crippen molar-refractivity contribution in [3.8, 4) is 0 Å². The molecular weight excluding hydrogens is 467 g/mol. The highest BCUT2D eigenvalue weighted by molar-refractivity contribution is 5.93. The topological polar surface area (TPSA) is 69.3 Å². The van der Waals surface area contributed by atoms with Crippen LogP contribution < -0.4 is 16.0 Å². The van der Waals surface area contributed by atoms with E-state index in [2.05, 4.69) is 40.2 Å². The summed E-state index contributed by atoms with van der Waals surface area (Å²) in [5, 5.41) is 10.3. The number of alkyl halides is 3. The van der Waals surface area contributed by atoms with Crippen LogP contribution in [0.15, 0.2) is 54.6 Å². The molecule has 2 aliphatic rings. The number of benzene rings is 2. The van der Waals surface area contributed by atoms with Gasteiger partial charge in [0.25, 0.3) is 0 Å². The van der Waals surface area contributed by atoms with Crippen LogP contribution in [0.25, 0.3) is 10.9 Å². The fraction of sp³-hybridized carbons (Fsp3) is 0.407. The fourth-order valence-corrected chi connectivity index (χ4v) is 5.11. The van der Waals surface area contributed by atoms with Gasteiger partial charge in [0.15, 0.2) is 0 Å². The standard InChI is InChI=1S/C27H30F3N5O/c28-27(29,30)13-16-35-14-11-20(12-15-35)31-26(36)32-21-7-9-23-19(17-21)6-10-25(33-23)34-24-8-5-18-3-1-2-4-22(18)24/h1-4,6-7,9-10,17,20,24H,5,8,11-16H2,(H,33,34)(H2,31,32,36)/t24-/m1/s1. The number of amides is 2. The van der Waals surface area contributed by atoms with Crippen molar-refractivity contribution in [3.63, 3.8) is 0 Å². The SMILES string of the molecule is O=C(Nc1ccc2nc(N[C@@H]3CCc4ccccc43)ccc2c1)NC1CCN(CCC(F)(F)F)CC1. The maximum Gasteiger partial charge on any atom is 0.390 e. The highest BCUT2D eigenvalue weighted by Gasteiger charge is 2.29. The molecule has 1 atom stereocenters. The van der Waals surface area contributed by atoms with Crippen molar-refractivity contribution in [2.45, 2.75) is 50.4 Å². The number of hydrogen-bond donors (Lipinski definition) is 3. The number of piperidine rings is 1. The highest BCUT2D eigenvalue weighted by atomic mass is 19.4. The average molecular weight is 498 g/mol. The van der Waals surface area contributed by atoms with Crippen LogP contribution in [0.1, 0.15) is 42.9 Å². The minimum absolute atomic E-state index is 0.0126. The van der Waals surface area contributed by atoms with Crippen LogP contribution in [0.2, 0.25) is 0 Å². The molecule has 2 aromatic carbocycles. The number of carbonyl (C=O) groups is 1. The second-order valence-corrected chi connectivity index (χ2v) is 9.62. The summed E-state index contributed by atoms with van der Waals surface area (Å²) in [5.74, 6) is 0.823. The number of rotatable bonds is 6. The molecule has 0 saturated carbocycles. The third kappa shape index (κ3) is 6.07. The first-order valence-electron chi connectivity index (χ1n) is 12.4. The first-order valence-corrected chi connectivity index (χ1v) is 12.4. The molecule has 3 aromatic rings. The zero-order valence-electron chi connectivity index (χ0n) is 19.9. The third-order valence-corrected chi connectivity index (χ3v) is 7.04. The quantitative estimate of drug-likeness (QED) is 0.398. The molecule has 0 radical (unpaired) electrons. The van der Waals surface area contributed by atoms with E-state index >= 15 is 0 Å². The molecule has 3 N–H and O–H groups in total. The Labute approximate surface area is 208 Å². The van der Waals surface area contributed by atoms with Crippen LogP contribution in [0, 0.1) is 0 Å². The number of halogens is 3. The molecule has 2 heterocycles. The van der Waals surface area contributed by atoms with Gasteiger partial charge in [-0.2, -0.15) is 13.2 Å². The lowest BCUT2D eigenvalue weighted by atomic mass is 10.1. The molecule has 6 nitrogen and oxygen atoms in total. The maximum absolute atomic E-state index is 12.5. The van der Waals surface area contributed by atoms with Crippen LogP contribution in [0.4, 0.5) is 29.5 Å². The predicted molar refractivity (Wildman–Crippen MR) is 135 cm³/mol. The van der Waals surface area contributed by atoms with Crippen LogP contribution in [-0.2, 0) is 6.42 Å². The molecule has 2 amide bonds. The lowest BCUT2D eigenvalue weighted by molar-refractivity contribution is -0.138. The van der Waals surface area contributed by atoms with Gasteiger partial charge < -0.3 is 20.9 Å². The van der Waals surface area contributed by atoms with Gasteiger partial charge in [0.05, 0.1) is 18.0 Å². The van der Waals surface area contributed by atoms with Gasteiger partial charge in [-0.05, 0) is 67.1 Å². The van der Waals surface area contributed by atoms with Gasteiger partial charge in [0, 0.05) is 36.7 Å². The van der Waals surface area contributed by atoms with Gasteiger partial charge in [-0.3, -0.25) is 0 Å². The van der Waals surface area contributed by atoms with Crippen molar-refractivity contribution in [3.05, 3.63) is 65.7 Å². The Morgan fingerprint density at radius 2 is 1.83 bits per heavy atom.